The lowest BCUT2D eigenvalue weighted by atomic mass is 10.1. The highest BCUT2D eigenvalue weighted by Crippen LogP contribution is 2.57. The van der Waals surface area contributed by atoms with Gasteiger partial charge in [-0.1, -0.05) is 37.7 Å². The predicted octanol–water partition coefficient (Wildman–Crippen LogP) is 3.43. The number of thiol groups is 1. The number of halogens is 2. The van der Waals surface area contributed by atoms with Gasteiger partial charge in [0.2, 0.25) is 11.9 Å². The number of alkyl halides is 1. The number of carbonyl (C=O) groups is 1. The Labute approximate surface area is 298 Å². The first-order valence-corrected chi connectivity index (χ1v) is 20.3. The Hall–Kier alpha value is -2.86. The fourth-order valence-corrected chi connectivity index (χ4v) is 7.42. The van der Waals surface area contributed by atoms with Crippen molar-refractivity contribution < 1.29 is 41.7 Å². The van der Waals surface area contributed by atoms with Gasteiger partial charge in [-0.05, 0) is 17.9 Å². The van der Waals surface area contributed by atoms with Crippen LogP contribution in [0.15, 0.2) is 23.4 Å². The van der Waals surface area contributed by atoms with Crippen LogP contribution in [0.3, 0.4) is 0 Å². The van der Waals surface area contributed by atoms with Crippen molar-refractivity contribution in [3.63, 3.8) is 0 Å². The van der Waals surface area contributed by atoms with E-state index in [0.29, 0.717) is 16.2 Å². The highest BCUT2D eigenvalue weighted by Gasteiger charge is 2.50. The molecule has 0 aliphatic carbocycles. The van der Waals surface area contributed by atoms with Gasteiger partial charge in [0.15, 0.2) is 36.4 Å². The molecule has 5 rings (SSSR count). The van der Waals surface area contributed by atoms with Crippen LogP contribution in [-0.2, 0) is 57.1 Å². The zero-order valence-electron chi connectivity index (χ0n) is 26.3. The number of nitriles is 1. The zero-order valence-corrected chi connectivity index (χ0v) is 30.6. The average Bonchev–Trinajstić information content (AvgIpc) is 3.73. The molecule has 270 valence electrons. The largest absolute Gasteiger partial charge is 0.394 e. The Bertz CT molecular complexity index is 2050. The maximum absolute atomic E-state index is 15.6. The number of amides is 1. The molecule has 0 radical (unpaired) electrons. The number of aliphatic hydroxyl groups is 1. The van der Waals surface area contributed by atoms with Crippen molar-refractivity contribution in [1.82, 2.24) is 34.1 Å². The van der Waals surface area contributed by atoms with Gasteiger partial charge < -0.3 is 23.5 Å². The topological polar surface area (TPSA) is 231 Å². The van der Waals surface area contributed by atoms with Crippen LogP contribution >= 0.6 is 37.8 Å². The van der Waals surface area contributed by atoms with Crippen molar-refractivity contribution in [3.8, 4) is 6.07 Å². The number of pyridine rings is 1. The third kappa shape index (κ3) is 8.95. The lowest BCUT2D eigenvalue weighted by Gasteiger charge is -2.24. The summed E-state index contributed by atoms with van der Waals surface area (Å²) in [6.07, 6.45) is -3.97. The van der Waals surface area contributed by atoms with Crippen molar-refractivity contribution in [2.75, 3.05) is 25.1 Å². The summed E-state index contributed by atoms with van der Waals surface area (Å²) in [6, 6.07) is 3.51. The van der Waals surface area contributed by atoms with E-state index in [1.165, 1.54) is 6.20 Å². The molecule has 4 aromatic rings. The summed E-state index contributed by atoms with van der Waals surface area (Å²) >= 11 is 15.4. The van der Waals surface area contributed by atoms with Crippen molar-refractivity contribution in [3.05, 3.63) is 39.8 Å². The molecule has 1 aliphatic rings. The normalized spacial score (nSPS) is 21.1. The zero-order chi connectivity index (χ0) is 36.2. The molecule has 1 fully saturated rings. The van der Waals surface area contributed by atoms with Gasteiger partial charge in [-0.15, -0.1) is 0 Å². The number of H-pyrrole nitrogens is 1. The van der Waals surface area contributed by atoms with Crippen LogP contribution in [0.5, 0.6) is 0 Å². The molecule has 6 atom stereocenters. The van der Waals surface area contributed by atoms with Gasteiger partial charge in [0, 0.05) is 18.7 Å². The Balaban J connectivity index is 1.34. The number of aromatic nitrogens is 7. The van der Waals surface area contributed by atoms with E-state index >= 15 is 4.39 Å². The van der Waals surface area contributed by atoms with Gasteiger partial charge in [-0.3, -0.25) is 33.5 Å². The van der Waals surface area contributed by atoms with E-state index < -0.39 is 69.2 Å². The van der Waals surface area contributed by atoms with Crippen LogP contribution in [0.2, 0.25) is 5.02 Å². The van der Waals surface area contributed by atoms with Crippen LogP contribution in [-0.4, -0.2) is 83.3 Å². The fraction of sp³-hybridized carbons (Fsp3) is 0.500. The van der Waals surface area contributed by atoms with E-state index in [1.54, 1.807) is 24.5 Å². The molecule has 1 amide bonds. The highest BCUT2D eigenvalue weighted by atomic mass is 35.5. The van der Waals surface area contributed by atoms with Gasteiger partial charge in [-0.2, -0.15) is 10.2 Å². The van der Waals surface area contributed by atoms with E-state index in [2.05, 4.69) is 42.5 Å². The standard InChI is InChI=1S/C26H31ClFN9O9P2S2/c1-13(2)23(39)34-26-33-21-19(24(40)35-26)37(12-31-21)25-20(18(28)16(10-38)45-25)46-48(41,50)44-11-17-32-15-8-14(27)9-30-22(15)36(17)5-7-43-47(49)42-6-3-4-29/h8-9,12-13,16,18,20,25,38,47H,3,5-7,10-11H2,1-2H3,(H,41,50)(H2,33,34,35,39,40)/t16-,18-,20-,25-,48?/m1/s1. The summed E-state index contributed by atoms with van der Waals surface area (Å²) in [5, 5.41) is 21.2. The Kier molecular flexibility index (Phi) is 12.8. The molecule has 0 aromatic carbocycles. The molecule has 0 saturated carbocycles. The summed E-state index contributed by atoms with van der Waals surface area (Å²) in [5.74, 6) is -0.739. The number of imidazole rings is 2. The molecule has 4 aromatic heterocycles. The van der Waals surface area contributed by atoms with Gasteiger partial charge in [-0.25, -0.2) is 23.9 Å². The van der Waals surface area contributed by atoms with Gasteiger partial charge in [0.05, 0.1) is 37.3 Å². The summed E-state index contributed by atoms with van der Waals surface area (Å²) in [4.78, 5) is 44.6. The minimum atomic E-state index is -4.44. The second-order valence-corrected chi connectivity index (χ2v) is 16.3. The SMILES string of the molecule is CC(C)C(=O)Nc1nc2ncn([C@@H]3O[C@H](CO)[C@@H](F)[C@H]3OP(=O)(S)OCc3nc4cc(Cl)cnc4n3CCO[PH](=S)OCCC#N)c2c(=O)[nH]1. The van der Waals surface area contributed by atoms with Crippen LogP contribution in [0.1, 0.15) is 32.3 Å². The first-order valence-electron chi connectivity index (χ1n) is 14.8. The Morgan fingerprint density at radius 3 is 2.84 bits per heavy atom. The number of hydrogen-bond donors (Lipinski definition) is 4. The molecule has 0 bridgehead atoms. The highest BCUT2D eigenvalue weighted by molar-refractivity contribution is 8.44. The smallest absolute Gasteiger partial charge is 0.387 e. The Morgan fingerprint density at radius 1 is 1.36 bits per heavy atom. The van der Waals surface area contributed by atoms with E-state index in [4.69, 9.17) is 51.5 Å². The number of carbonyl (C=O) groups excluding carboxylic acids is 1. The summed E-state index contributed by atoms with van der Waals surface area (Å²) in [7, 11) is -2.06. The number of nitrogens with zero attached hydrogens (tertiary/aromatic N) is 7. The molecule has 3 N–H and O–H groups in total. The third-order valence-electron chi connectivity index (χ3n) is 7.13. The summed E-state index contributed by atoms with van der Waals surface area (Å²) < 4.78 is 59.7. The number of rotatable bonds is 16. The van der Waals surface area contributed by atoms with Gasteiger partial charge in [0.1, 0.15) is 36.5 Å². The first-order chi connectivity index (χ1) is 23.8. The number of fused-ring (bicyclic) bond motifs is 2. The molecule has 2 unspecified atom stereocenters. The molecular weight excluding hydrogens is 763 g/mol. The quantitative estimate of drug-likeness (QED) is 0.0723. The molecule has 18 nitrogen and oxygen atoms in total. The maximum Gasteiger partial charge on any atom is 0.387 e. The summed E-state index contributed by atoms with van der Waals surface area (Å²) in [6.45, 7) is -1.97. The van der Waals surface area contributed by atoms with Crippen molar-refractivity contribution in [1.29, 1.82) is 5.26 Å². The minimum Gasteiger partial charge on any atom is -0.394 e. The molecule has 0 spiro atoms. The first kappa shape index (κ1) is 38.4. The van der Waals surface area contributed by atoms with E-state index in [0.717, 1.165) is 10.9 Å². The van der Waals surface area contributed by atoms with E-state index in [-0.39, 0.29) is 49.1 Å². The van der Waals surface area contributed by atoms with Crippen LogP contribution in [0.25, 0.3) is 22.3 Å². The lowest BCUT2D eigenvalue weighted by molar-refractivity contribution is -0.118. The van der Waals surface area contributed by atoms with Crippen molar-refractivity contribution in [2.45, 2.75) is 58.0 Å². The van der Waals surface area contributed by atoms with Crippen LogP contribution in [0, 0.1) is 17.2 Å². The maximum atomic E-state index is 15.6. The molecule has 50 heavy (non-hydrogen) atoms. The number of aliphatic hydroxyl groups excluding tert-OH is 1. The third-order valence-corrected chi connectivity index (χ3v) is 10.5. The van der Waals surface area contributed by atoms with Gasteiger partial charge in [0.25, 0.3) is 5.56 Å². The van der Waals surface area contributed by atoms with Crippen LogP contribution in [0.4, 0.5) is 10.3 Å². The predicted molar refractivity (Wildman–Crippen MR) is 184 cm³/mol. The molecule has 1 aliphatic heterocycles. The number of nitrogens with one attached hydrogen (secondary N) is 2. The Morgan fingerprint density at radius 2 is 2.12 bits per heavy atom. The van der Waals surface area contributed by atoms with Crippen molar-refractivity contribution >= 4 is 83.8 Å². The van der Waals surface area contributed by atoms with Crippen LogP contribution < -0.4 is 10.9 Å². The number of aromatic amines is 1. The monoisotopic (exact) mass is 793 g/mol. The lowest BCUT2D eigenvalue weighted by Crippen LogP contribution is -2.32. The van der Waals surface area contributed by atoms with Gasteiger partial charge >= 0.3 is 6.80 Å². The fourth-order valence-electron chi connectivity index (χ4n) is 4.79. The average molecular weight is 794 g/mol. The second kappa shape index (κ2) is 16.7. The molecule has 5 heterocycles. The number of hydrogen-bond acceptors (Lipinski definition) is 15. The number of anilines is 1. The summed E-state index contributed by atoms with van der Waals surface area (Å²) in [5.41, 5.74) is -0.258. The molecular formula is C26H31ClFN9O9P2S2. The minimum absolute atomic E-state index is 0.0771. The van der Waals surface area contributed by atoms with E-state index in [1.807, 2.05) is 6.07 Å². The second-order valence-electron chi connectivity index (χ2n) is 10.9. The van der Waals surface area contributed by atoms with Crippen molar-refractivity contribution in [2.24, 2.45) is 5.92 Å². The van der Waals surface area contributed by atoms with E-state index in [9.17, 15) is 19.3 Å². The number of ether oxygens (including phenoxy) is 1. The molecule has 1 saturated heterocycles. The molecule has 24 heteroatoms.